The van der Waals surface area contributed by atoms with Crippen molar-refractivity contribution in [1.29, 1.82) is 0 Å². The molecule has 0 aliphatic heterocycles. The van der Waals surface area contributed by atoms with E-state index in [9.17, 15) is 0 Å². The van der Waals surface area contributed by atoms with E-state index in [1.165, 1.54) is 54.9 Å². The van der Waals surface area contributed by atoms with Gasteiger partial charge < -0.3 is 9.32 Å². The summed E-state index contributed by atoms with van der Waals surface area (Å²) in [5.74, 6) is 0. The second kappa shape index (κ2) is 12.5. The Morgan fingerprint density at radius 1 is 0.346 bits per heavy atom. The lowest BCUT2D eigenvalue weighted by atomic mass is 9.93. The summed E-state index contributed by atoms with van der Waals surface area (Å²) in [7, 11) is 0. The third kappa shape index (κ3) is 5.04. The van der Waals surface area contributed by atoms with Gasteiger partial charge in [0.05, 0.1) is 5.69 Å². The minimum Gasteiger partial charge on any atom is -0.454 e. The van der Waals surface area contributed by atoms with Crippen molar-refractivity contribution < 1.29 is 4.42 Å². The van der Waals surface area contributed by atoms with Crippen LogP contribution in [0, 0.1) is 0 Å². The van der Waals surface area contributed by atoms with Gasteiger partial charge in [-0.1, -0.05) is 164 Å². The van der Waals surface area contributed by atoms with Crippen LogP contribution in [-0.4, -0.2) is 0 Å². The van der Waals surface area contributed by atoms with E-state index in [1.807, 2.05) is 0 Å². The normalized spacial score (nSPS) is 11.5. The van der Waals surface area contributed by atoms with E-state index in [0.29, 0.717) is 0 Å². The maximum Gasteiger partial charge on any atom is 0.159 e. The number of anilines is 3. The van der Waals surface area contributed by atoms with E-state index >= 15 is 0 Å². The van der Waals surface area contributed by atoms with Crippen LogP contribution in [-0.2, 0) is 0 Å². The van der Waals surface area contributed by atoms with Gasteiger partial charge in [0.15, 0.2) is 5.58 Å². The van der Waals surface area contributed by atoms with Crippen molar-refractivity contribution in [1.82, 2.24) is 0 Å². The smallest absolute Gasteiger partial charge is 0.159 e. The van der Waals surface area contributed by atoms with Gasteiger partial charge in [0.2, 0.25) is 0 Å². The minimum atomic E-state index is 0.861. The predicted molar refractivity (Wildman–Crippen MR) is 220 cm³/mol. The molecule has 0 bridgehead atoms. The first-order chi connectivity index (χ1) is 25.8. The summed E-state index contributed by atoms with van der Waals surface area (Å²) in [6.45, 7) is 0. The zero-order valence-electron chi connectivity index (χ0n) is 28.4. The molecule has 1 aromatic heterocycles. The van der Waals surface area contributed by atoms with Gasteiger partial charge in [0.1, 0.15) is 5.58 Å². The fourth-order valence-electron chi connectivity index (χ4n) is 7.82. The molecule has 1 heterocycles. The van der Waals surface area contributed by atoms with E-state index in [4.69, 9.17) is 4.42 Å². The van der Waals surface area contributed by atoms with Crippen LogP contribution in [0.5, 0.6) is 0 Å². The minimum absolute atomic E-state index is 0.861. The highest BCUT2D eigenvalue weighted by Gasteiger charge is 2.22. The molecule has 0 spiro atoms. The van der Waals surface area contributed by atoms with Crippen molar-refractivity contribution in [2.75, 3.05) is 4.90 Å². The molecule has 0 saturated carbocycles. The number of benzene rings is 9. The van der Waals surface area contributed by atoms with Crippen molar-refractivity contribution in [3.8, 4) is 33.4 Å². The highest BCUT2D eigenvalue weighted by Crippen LogP contribution is 2.46. The van der Waals surface area contributed by atoms with Crippen LogP contribution in [0.25, 0.3) is 76.9 Å². The molecule has 244 valence electrons. The molecule has 0 aliphatic rings. The topological polar surface area (TPSA) is 16.4 Å². The zero-order valence-corrected chi connectivity index (χ0v) is 28.4. The maximum atomic E-state index is 6.82. The molecule has 10 aromatic rings. The number of hydrogen-bond donors (Lipinski definition) is 0. The Morgan fingerprint density at radius 2 is 0.923 bits per heavy atom. The van der Waals surface area contributed by atoms with E-state index in [1.54, 1.807) is 0 Å². The number of rotatable bonds is 6. The van der Waals surface area contributed by atoms with Crippen molar-refractivity contribution in [2.45, 2.75) is 0 Å². The molecule has 52 heavy (non-hydrogen) atoms. The number of hydrogen-bond acceptors (Lipinski definition) is 2. The van der Waals surface area contributed by atoms with E-state index < -0.39 is 0 Å². The van der Waals surface area contributed by atoms with Crippen LogP contribution in [0.1, 0.15) is 0 Å². The third-order valence-electron chi connectivity index (χ3n) is 10.3. The second-order valence-corrected chi connectivity index (χ2v) is 13.3. The van der Waals surface area contributed by atoms with Crippen molar-refractivity contribution in [3.63, 3.8) is 0 Å². The molecule has 9 aromatic carbocycles. The van der Waals surface area contributed by atoms with Crippen LogP contribution in [0.15, 0.2) is 205 Å². The number of para-hydroxylation sites is 1. The number of nitrogens with zero attached hydrogens (tertiary/aromatic N) is 1. The molecular weight excluding hydrogens is 631 g/mol. The van der Waals surface area contributed by atoms with Gasteiger partial charge in [-0.05, 0) is 91.3 Å². The largest absolute Gasteiger partial charge is 0.454 e. The Morgan fingerprint density at radius 3 is 1.69 bits per heavy atom. The van der Waals surface area contributed by atoms with Gasteiger partial charge in [-0.2, -0.15) is 0 Å². The lowest BCUT2D eigenvalue weighted by Crippen LogP contribution is -2.10. The molecule has 2 nitrogen and oxygen atoms in total. The van der Waals surface area contributed by atoms with E-state index in [0.717, 1.165) is 39.0 Å². The summed E-state index contributed by atoms with van der Waals surface area (Å²) < 4.78 is 6.82. The Bertz CT molecular complexity index is 2880. The molecule has 0 saturated heterocycles. The molecule has 0 radical (unpaired) electrons. The first-order valence-corrected chi connectivity index (χ1v) is 17.8. The molecule has 0 atom stereocenters. The molecular formula is C50H33NO. The third-order valence-corrected chi connectivity index (χ3v) is 10.3. The molecule has 0 unspecified atom stereocenters. The predicted octanol–water partition coefficient (Wildman–Crippen LogP) is 14.4. The van der Waals surface area contributed by atoms with Gasteiger partial charge in [0, 0.05) is 22.1 Å². The van der Waals surface area contributed by atoms with Crippen LogP contribution in [0.3, 0.4) is 0 Å². The van der Waals surface area contributed by atoms with Crippen LogP contribution < -0.4 is 4.90 Å². The van der Waals surface area contributed by atoms with Crippen molar-refractivity contribution in [2.24, 2.45) is 0 Å². The van der Waals surface area contributed by atoms with Gasteiger partial charge in [-0.25, -0.2) is 0 Å². The monoisotopic (exact) mass is 663 g/mol. The second-order valence-electron chi connectivity index (χ2n) is 13.3. The maximum absolute atomic E-state index is 6.82. The summed E-state index contributed by atoms with van der Waals surface area (Å²) in [4.78, 5) is 2.35. The lowest BCUT2D eigenvalue weighted by molar-refractivity contribution is 0.669. The Kier molecular flexibility index (Phi) is 7.18. The summed E-state index contributed by atoms with van der Waals surface area (Å²) in [6, 6.07) is 71.6. The molecule has 0 aliphatic carbocycles. The van der Waals surface area contributed by atoms with Crippen LogP contribution >= 0.6 is 0 Å². The Hall–Kier alpha value is -6.90. The van der Waals surface area contributed by atoms with E-state index in [2.05, 4.69) is 205 Å². The first kappa shape index (κ1) is 30.0. The SMILES string of the molecule is c1ccc(-c2ccc(N(c3ccc(-c4cccc5ccccc45)cc3)c3cccc4c3oc3ccc5ccccc5c34)cc2-c2ccccc2)cc1. The first-order valence-electron chi connectivity index (χ1n) is 17.8. The summed E-state index contributed by atoms with van der Waals surface area (Å²) in [5.41, 5.74) is 12.0. The molecule has 0 N–H and O–H groups in total. The molecule has 10 rings (SSSR count). The summed E-state index contributed by atoms with van der Waals surface area (Å²) in [5, 5.41) is 7.13. The summed E-state index contributed by atoms with van der Waals surface area (Å²) in [6.07, 6.45) is 0. The van der Waals surface area contributed by atoms with Crippen molar-refractivity contribution >= 4 is 60.5 Å². The fourth-order valence-corrected chi connectivity index (χ4v) is 7.82. The average molecular weight is 664 g/mol. The highest BCUT2D eigenvalue weighted by molar-refractivity contribution is 6.21. The fraction of sp³-hybridized carbons (Fsp3) is 0. The van der Waals surface area contributed by atoms with Gasteiger partial charge in [-0.15, -0.1) is 0 Å². The quantitative estimate of drug-likeness (QED) is 0.176. The summed E-state index contributed by atoms with van der Waals surface area (Å²) >= 11 is 0. The Balaban J connectivity index is 1.21. The molecule has 0 amide bonds. The van der Waals surface area contributed by atoms with Crippen LogP contribution in [0.4, 0.5) is 17.1 Å². The van der Waals surface area contributed by atoms with Crippen LogP contribution in [0.2, 0.25) is 0 Å². The molecule has 0 fully saturated rings. The number of furan rings is 1. The molecule has 2 heteroatoms. The zero-order chi connectivity index (χ0) is 34.4. The van der Waals surface area contributed by atoms with Gasteiger partial charge in [0.25, 0.3) is 0 Å². The van der Waals surface area contributed by atoms with Gasteiger partial charge >= 0.3 is 0 Å². The van der Waals surface area contributed by atoms with E-state index in [-0.39, 0.29) is 0 Å². The average Bonchev–Trinajstić information content (AvgIpc) is 3.62. The highest BCUT2D eigenvalue weighted by atomic mass is 16.3. The van der Waals surface area contributed by atoms with Crippen molar-refractivity contribution in [3.05, 3.63) is 200 Å². The lowest BCUT2D eigenvalue weighted by Gasteiger charge is -2.27. The van der Waals surface area contributed by atoms with Gasteiger partial charge in [-0.3, -0.25) is 0 Å². The number of fused-ring (bicyclic) bond motifs is 6. The standard InChI is InChI=1S/C50H33NO/c1-3-13-34(14-4-1)43-31-30-40(33-46(43)36-15-5-2-6-16-36)51(39-28-25-38(26-29-39)42-22-11-19-35-17-7-9-20-41(35)42)47-24-12-23-45-49-44-21-10-8-18-37(44)27-32-48(49)52-50(45)47/h1-33H. The Labute approximate surface area is 302 Å².